The van der Waals surface area contributed by atoms with Crippen molar-refractivity contribution < 1.29 is 23.2 Å². The number of rotatable bonds is 5. The molecule has 120 valence electrons. The first-order chi connectivity index (χ1) is 11.0. The normalized spacial score (nSPS) is 9.96. The molecule has 0 unspecified atom stereocenters. The molecule has 0 aliphatic heterocycles. The van der Waals surface area contributed by atoms with Crippen LogP contribution in [0, 0.1) is 5.82 Å². The molecular weight excluding hydrogens is 305 g/mol. The summed E-state index contributed by atoms with van der Waals surface area (Å²) in [4.78, 5) is 34.6. The van der Waals surface area contributed by atoms with Gasteiger partial charge in [-0.3, -0.25) is 25.2 Å². The van der Waals surface area contributed by atoms with Crippen LogP contribution < -0.4 is 16.2 Å². The second kappa shape index (κ2) is 7.74. The third-order valence-electron chi connectivity index (χ3n) is 2.77. The minimum Gasteiger partial charge on any atom is -0.459 e. The van der Waals surface area contributed by atoms with Crippen molar-refractivity contribution >= 4 is 17.7 Å². The predicted molar refractivity (Wildman–Crippen MR) is 77.4 cm³/mol. The zero-order valence-corrected chi connectivity index (χ0v) is 12.0. The van der Waals surface area contributed by atoms with Crippen molar-refractivity contribution in [3.05, 3.63) is 59.8 Å². The fourth-order valence-corrected chi connectivity index (χ4v) is 1.67. The van der Waals surface area contributed by atoms with E-state index in [9.17, 15) is 18.8 Å². The number of benzene rings is 1. The molecule has 23 heavy (non-hydrogen) atoms. The van der Waals surface area contributed by atoms with E-state index in [2.05, 4.69) is 16.2 Å². The number of carbonyl (C=O) groups excluding carboxylic acids is 3. The highest BCUT2D eigenvalue weighted by atomic mass is 19.1. The van der Waals surface area contributed by atoms with Crippen LogP contribution in [0.25, 0.3) is 0 Å². The van der Waals surface area contributed by atoms with Crippen LogP contribution in [-0.2, 0) is 16.0 Å². The van der Waals surface area contributed by atoms with Gasteiger partial charge in [0.25, 0.3) is 11.8 Å². The fourth-order valence-electron chi connectivity index (χ4n) is 1.67. The summed E-state index contributed by atoms with van der Waals surface area (Å²) in [6.07, 6.45) is 1.32. The SMILES string of the molecule is O=C(CNC(=O)c1ccco1)NNC(=O)Cc1ccc(F)cc1. The molecule has 0 bridgehead atoms. The zero-order valence-electron chi connectivity index (χ0n) is 12.0. The van der Waals surface area contributed by atoms with Crippen molar-refractivity contribution in [2.75, 3.05) is 6.54 Å². The number of amides is 3. The number of furan rings is 1. The van der Waals surface area contributed by atoms with Gasteiger partial charge in [0, 0.05) is 0 Å². The Morgan fingerprint density at radius 2 is 1.70 bits per heavy atom. The van der Waals surface area contributed by atoms with Crippen molar-refractivity contribution in [1.82, 2.24) is 16.2 Å². The van der Waals surface area contributed by atoms with Gasteiger partial charge in [-0.1, -0.05) is 12.1 Å². The summed E-state index contributed by atoms with van der Waals surface area (Å²) in [6.45, 7) is -0.323. The van der Waals surface area contributed by atoms with Crippen molar-refractivity contribution in [1.29, 1.82) is 0 Å². The lowest BCUT2D eigenvalue weighted by Crippen LogP contribution is -2.46. The molecule has 1 heterocycles. The highest BCUT2D eigenvalue weighted by molar-refractivity contribution is 5.94. The van der Waals surface area contributed by atoms with Crippen molar-refractivity contribution in [3.8, 4) is 0 Å². The molecule has 7 nitrogen and oxygen atoms in total. The molecule has 0 radical (unpaired) electrons. The van der Waals surface area contributed by atoms with Crippen LogP contribution in [0.3, 0.4) is 0 Å². The van der Waals surface area contributed by atoms with Gasteiger partial charge in [-0.25, -0.2) is 4.39 Å². The lowest BCUT2D eigenvalue weighted by Gasteiger charge is -2.08. The molecule has 3 N–H and O–H groups in total. The summed E-state index contributed by atoms with van der Waals surface area (Å²) in [5, 5.41) is 2.33. The molecule has 1 aromatic heterocycles. The average molecular weight is 319 g/mol. The van der Waals surface area contributed by atoms with E-state index in [1.54, 1.807) is 6.07 Å². The van der Waals surface area contributed by atoms with Crippen LogP contribution in [0.4, 0.5) is 4.39 Å². The number of hydrogen-bond donors (Lipinski definition) is 3. The fraction of sp³-hybridized carbons (Fsp3) is 0.133. The van der Waals surface area contributed by atoms with E-state index < -0.39 is 23.5 Å². The van der Waals surface area contributed by atoms with Crippen LogP contribution >= 0.6 is 0 Å². The summed E-state index contributed by atoms with van der Waals surface area (Å²) >= 11 is 0. The third kappa shape index (κ3) is 5.27. The monoisotopic (exact) mass is 319 g/mol. The molecule has 0 fully saturated rings. The van der Waals surface area contributed by atoms with Crippen LogP contribution in [-0.4, -0.2) is 24.3 Å². The maximum absolute atomic E-state index is 12.7. The summed E-state index contributed by atoms with van der Waals surface area (Å²) in [5.41, 5.74) is 4.96. The molecule has 3 amide bonds. The topological polar surface area (TPSA) is 100 Å². The molecule has 0 aliphatic carbocycles. The maximum Gasteiger partial charge on any atom is 0.287 e. The lowest BCUT2D eigenvalue weighted by molar-refractivity contribution is -0.128. The van der Waals surface area contributed by atoms with E-state index in [-0.39, 0.29) is 18.7 Å². The molecule has 1 aromatic carbocycles. The summed E-state index contributed by atoms with van der Waals surface area (Å²) < 4.78 is 17.6. The van der Waals surface area contributed by atoms with Gasteiger partial charge in [0.05, 0.1) is 19.2 Å². The Kier molecular flexibility index (Phi) is 5.45. The molecular formula is C15H14FN3O4. The Balaban J connectivity index is 1.68. The van der Waals surface area contributed by atoms with Gasteiger partial charge >= 0.3 is 0 Å². The summed E-state index contributed by atoms with van der Waals surface area (Å²) in [5.74, 6) is -1.92. The van der Waals surface area contributed by atoms with E-state index >= 15 is 0 Å². The van der Waals surface area contributed by atoms with Crippen LogP contribution in [0.2, 0.25) is 0 Å². The Hall–Kier alpha value is -3.16. The Morgan fingerprint density at radius 3 is 2.35 bits per heavy atom. The molecule has 0 spiro atoms. The number of carbonyl (C=O) groups is 3. The summed E-state index contributed by atoms with van der Waals surface area (Å²) in [7, 11) is 0. The van der Waals surface area contributed by atoms with E-state index in [0.29, 0.717) is 5.56 Å². The van der Waals surface area contributed by atoms with Crippen molar-refractivity contribution in [3.63, 3.8) is 0 Å². The first-order valence-electron chi connectivity index (χ1n) is 6.68. The molecule has 0 saturated carbocycles. The quantitative estimate of drug-likeness (QED) is 0.700. The second-order valence-corrected chi connectivity index (χ2v) is 4.56. The summed E-state index contributed by atoms with van der Waals surface area (Å²) in [6, 6.07) is 8.43. The molecule has 0 atom stereocenters. The smallest absolute Gasteiger partial charge is 0.287 e. The van der Waals surface area contributed by atoms with E-state index in [1.807, 2.05) is 0 Å². The predicted octanol–water partition coefficient (Wildman–Crippen LogP) is 0.539. The molecule has 2 aromatic rings. The van der Waals surface area contributed by atoms with Crippen molar-refractivity contribution in [2.45, 2.75) is 6.42 Å². The highest BCUT2D eigenvalue weighted by Gasteiger charge is 2.11. The maximum atomic E-state index is 12.7. The number of hydrogen-bond acceptors (Lipinski definition) is 4. The minimum atomic E-state index is -0.600. The van der Waals surface area contributed by atoms with Crippen LogP contribution in [0.5, 0.6) is 0 Å². The molecule has 8 heteroatoms. The van der Waals surface area contributed by atoms with Crippen LogP contribution in [0.1, 0.15) is 16.1 Å². The minimum absolute atomic E-state index is 0.0146. The van der Waals surface area contributed by atoms with Gasteiger partial charge in [0.15, 0.2) is 5.76 Å². The Labute approximate surface area is 130 Å². The average Bonchev–Trinajstić information content (AvgIpc) is 3.07. The van der Waals surface area contributed by atoms with E-state index in [4.69, 9.17) is 4.42 Å². The largest absolute Gasteiger partial charge is 0.459 e. The third-order valence-corrected chi connectivity index (χ3v) is 2.77. The van der Waals surface area contributed by atoms with Gasteiger partial charge in [-0.2, -0.15) is 0 Å². The van der Waals surface area contributed by atoms with Crippen LogP contribution in [0.15, 0.2) is 47.1 Å². The number of nitrogens with one attached hydrogen (secondary N) is 3. The lowest BCUT2D eigenvalue weighted by atomic mass is 10.1. The number of hydrazine groups is 1. The van der Waals surface area contributed by atoms with Crippen molar-refractivity contribution in [2.24, 2.45) is 0 Å². The first-order valence-corrected chi connectivity index (χ1v) is 6.68. The van der Waals surface area contributed by atoms with Gasteiger partial charge in [-0.05, 0) is 29.8 Å². The van der Waals surface area contributed by atoms with Gasteiger partial charge in [0.1, 0.15) is 5.82 Å². The molecule has 0 saturated heterocycles. The highest BCUT2D eigenvalue weighted by Crippen LogP contribution is 2.03. The zero-order chi connectivity index (χ0) is 16.7. The van der Waals surface area contributed by atoms with Gasteiger partial charge < -0.3 is 9.73 Å². The van der Waals surface area contributed by atoms with E-state index in [1.165, 1.54) is 36.6 Å². The Morgan fingerprint density at radius 1 is 1.00 bits per heavy atom. The van der Waals surface area contributed by atoms with Gasteiger partial charge in [-0.15, -0.1) is 0 Å². The first kappa shape index (κ1) is 16.2. The van der Waals surface area contributed by atoms with E-state index in [0.717, 1.165) is 0 Å². The standard InChI is InChI=1S/C15H14FN3O4/c16-11-5-3-10(4-6-11)8-13(20)18-19-14(21)9-17-15(22)12-2-1-7-23-12/h1-7H,8-9H2,(H,17,22)(H,18,20)(H,19,21). The molecule has 2 rings (SSSR count). The van der Waals surface area contributed by atoms with Gasteiger partial charge in [0.2, 0.25) is 5.91 Å². The second-order valence-electron chi connectivity index (χ2n) is 4.56. The number of halogens is 1. The Bertz CT molecular complexity index is 683. The molecule has 0 aliphatic rings.